The Morgan fingerprint density at radius 2 is 1.64 bits per heavy atom. The van der Waals surface area contributed by atoms with Crippen LogP contribution >= 0.6 is 11.6 Å². The number of halogens is 1. The Morgan fingerprint density at radius 1 is 1.07 bits per heavy atom. The lowest BCUT2D eigenvalue weighted by atomic mass is 10.2. The topological polar surface area (TPSA) is 18.5 Å². The van der Waals surface area contributed by atoms with Crippen molar-refractivity contribution in [1.29, 1.82) is 0 Å². The minimum absolute atomic E-state index is 0.122. The van der Waals surface area contributed by atoms with Crippen LogP contribution in [0, 0.1) is 0 Å². The van der Waals surface area contributed by atoms with Gasteiger partial charge < -0.3 is 9.47 Å². The highest BCUT2D eigenvalue weighted by atomic mass is 35.5. The summed E-state index contributed by atoms with van der Waals surface area (Å²) in [6.07, 6.45) is -0.0683. The monoisotopic (exact) mass is 212 g/mol. The first kappa shape index (κ1) is 9.97. The fraction of sp³-hybridized carbons (Fsp3) is 0.455. The van der Waals surface area contributed by atoms with E-state index in [0.29, 0.717) is 5.02 Å². The smallest absolute Gasteiger partial charge is 0.186 e. The normalized spacial score (nSPS) is 32.1. The molecule has 1 aliphatic heterocycles. The lowest BCUT2D eigenvalue weighted by molar-refractivity contribution is -0.0652. The van der Waals surface area contributed by atoms with Crippen molar-refractivity contribution in [2.24, 2.45) is 0 Å². The van der Waals surface area contributed by atoms with Crippen LogP contribution in [0.3, 0.4) is 0 Å². The molecule has 2 rings (SSSR count). The van der Waals surface area contributed by atoms with Gasteiger partial charge in [0.05, 0.1) is 12.2 Å². The quantitative estimate of drug-likeness (QED) is 0.712. The van der Waals surface area contributed by atoms with Gasteiger partial charge in [0.25, 0.3) is 0 Å². The molecule has 1 aromatic carbocycles. The molecule has 0 aromatic heterocycles. The van der Waals surface area contributed by atoms with Crippen LogP contribution in [0.1, 0.15) is 25.7 Å². The summed E-state index contributed by atoms with van der Waals surface area (Å²) in [7, 11) is 0. The Morgan fingerprint density at radius 3 is 2.21 bits per heavy atom. The zero-order valence-electron chi connectivity index (χ0n) is 8.24. The van der Waals surface area contributed by atoms with Gasteiger partial charge in [0.15, 0.2) is 6.29 Å². The fourth-order valence-corrected chi connectivity index (χ4v) is 1.68. The molecule has 2 atom stereocenters. The maximum atomic E-state index is 6.04. The SMILES string of the molecule is CC1OC(c2ccccc2Cl)OC1C. The van der Waals surface area contributed by atoms with Gasteiger partial charge in [-0.3, -0.25) is 0 Å². The van der Waals surface area contributed by atoms with Crippen LogP contribution in [0.15, 0.2) is 24.3 Å². The molecule has 2 unspecified atom stereocenters. The minimum atomic E-state index is -0.311. The summed E-state index contributed by atoms with van der Waals surface area (Å²) in [5.74, 6) is 0. The number of hydrogen-bond donors (Lipinski definition) is 0. The molecule has 1 saturated heterocycles. The molecule has 3 heteroatoms. The van der Waals surface area contributed by atoms with Gasteiger partial charge in [-0.05, 0) is 19.9 Å². The molecule has 76 valence electrons. The Kier molecular flexibility index (Phi) is 2.77. The zero-order chi connectivity index (χ0) is 10.1. The molecule has 0 bridgehead atoms. The molecule has 1 heterocycles. The first-order chi connectivity index (χ1) is 6.68. The average Bonchev–Trinajstić information content (AvgIpc) is 2.48. The molecule has 0 radical (unpaired) electrons. The predicted molar refractivity (Wildman–Crippen MR) is 55.3 cm³/mol. The molecule has 0 aliphatic carbocycles. The summed E-state index contributed by atoms with van der Waals surface area (Å²) in [5.41, 5.74) is 0.908. The Bertz CT molecular complexity index is 317. The van der Waals surface area contributed by atoms with Crippen molar-refractivity contribution in [3.05, 3.63) is 34.9 Å². The number of benzene rings is 1. The van der Waals surface area contributed by atoms with Crippen LogP contribution in [0.25, 0.3) is 0 Å². The summed E-state index contributed by atoms with van der Waals surface area (Å²) >= 11 is 6.04. The zero-order valence-corrected chi connectivity index (χ0v) is 8.99. The third-order valence-corrected chi connectivity index (χ3v) is 2.84. The minimum Gasteiger partial charge on any atom is -0.343 e. The summed E-state index contributed by atoms with van der Waals surface area (Å²) in [4.78, 5) is 0. The predicted octanol–water partition coefficient (Wildman–Crippen LogP) is 3.16. The number of ether oxygens (including phenoxy) is 2. The van der Waals surface area contributed by atoms with Crippen molar-refractivity contribution in [2.45, 2.75) is 32.3 Å². The van der Waals surface area contributed by atoms with Gasteiger partial charge >= 0.3 is 0 Å². The summed E-state index contributed by atoms with van der Waals surface area (Å²) < 4.78 is 11.3. The molecule has 1 aromatic rings. The lowest BCUT2D eigenvalue weighted by Gasteiger charge is -2.11. The van der Waals surface area contributed by atoms with Gasteiger partial charge in [-0.2, -0.15) is 0 Å². The van der Waals surface area contributed by atoms with Gasteiger partial charge in [0, 0.05) is 10.6 Å². The molecular formula is C11H13ClO2. The van der Waals surface area contributed by atoms with Crippen molar-refractivity contribution in [3.8, 4) is 0 Å². The van der Waals surface area contributed by atoms with Crippen LogP contribution in [0.5, 0.6) is 0 Å². The van der Waals surface area contributed by atoms with Gasteiger partial charge in [0.1, 0.15) is 0 Å². The first-order valence-electron chi connectivity index (χ1n) is 4.74. The van der Waals surface area contributed by atoms with Crippen molar-refractivity contribution < 1.29 is 9.47 Å². The second kappa shape index (κ2) is 3.89. The third kappa shape index (κ3) is 1.78. The number of hydrogen-bond acceptors (Lipinski definition) is 2. The highest BCUT2D eigenvalue weighted by Gasteiger charge is 2.31. The van der Waals surface area contributed by atoms with Crippen LogP contribution in [0.4, 0.5) is 0 Å². The molecule has 0 spiro atoms. The van der Waals surface area contributed by atoms with Crippen LogP contribution in [-0.2, 0) is 9.47 Å². The van der Waals surface area contributed by atoms with E-state index in [9.17, 15) is 0 Å². The molecule has 2 nitrogen and oxygen atoms in total. The summed E-state index contributed by atoms with van der Waals surface area (Å²) in [6, 6.07) is 7.60. The lowest BCUT2D eigenvalue weighted by Crippen LogP contribution is -2.13. The highest BCUT2D eigenvalue weighted by Crippen LogP contribution is 2.34. The maximum Gasteiger partial charge on any atom is 0.186 e. The van der Waals surface area contributed by atoms with E-state index in [4.69, 9.17) is 21.1 Å². The molecular weight excluding hydrogens is 200 g/mol. The highest BCUT2D eigenvalue weighted by molar-refractivity contribution is 6.31. The first-order valence-corrected chi connectivity index (χ1v) is 5.11. The maximum absolute atomic E-state index is 6.04. The van der Waals surface area contributed by atoms with Crippen molar-refractivity contribution in [3.63, 3.8) is 0 Å². The van der Waals surface area contributed by atoms with E-state index >= 15 is 0 Å². The second-order valence-corrected chi connectivity index (χ2v) is 3.94. The van der Waals surface area contributed by atoms with Crippen molar-refractivity contribution in [2.75, 3.05) is 0 Å². The Labute approximate surface area is 88.8 Å². The van der Waals surface area contributed by atoms with E-state index in [1.54, 1.807) is 0 Å². The second-order valence-electron chi connectivity index (χ2n) is 3.54. The van der Waals surface area contributed by atoms with E-state index in [2.05, 4.69) is 0 Å². The fourth-order valence-electron chi connectivity index (χ4n) is 1.46. The van der Waals surface area contributed by atoms with Gasteiger partial charge in [-0.1, -0.05) is 29.8 Å². The molecule has 1 fully saturated rings. The van der Waals surface area contributed by atoms with Gasteiger partial charge in [-0.15, -0.1) is 0 Å². The Hall–Kier alpha value is -0.570. The van der Waals surface area contributed by atoms with E-state index in [1.807, 2.05) is 38.1 Å². The van der Waals surface area contributed by atoms with Crippen molar-refractivity contribution in [1.82, 2.24) is 0 Å². The molecule has 14 heavy (non-hydrogen) atoms. The van der Waals surface area contributed by atoms with Crippen molar-refractivity contribution >= 4 is 11.6 Å². The Balaban J connectivity index is 2.21. The third-order valence-electron chi connectivity index (χ3n) is 2.50. The van der Waals surface area contributed by atoms with Crippen LogP contribution in [-0.4, -0.2) is 12.2 Å². The molecule has 0 N–H and O–H groups in total. The average molecular weight is 213 g/mol. The number of rotatable bonds is 1. The van der Waals surface area contributed by atoms with E-state index < -0.39 is 0 Å². The standard InChI is InChI=1S/C11H13ClO2/c1-7-8(2)14-11(13-7)9-5-3-4-6-10(9)12/h3-8,11H,1-2H3. The van der Waals surface area contributed by atoms with E-state index in [-0.39, 0.29) is 18.5 Å². The molecule has 0 amide bonds. The van der Waals surface area contributed by atoms with E-state index in [1.165, 1.54) is 0 Å². The summed E-state index contributed by atoms with van der Waals surface area (Å²) in [6.45, 7) is 4.00. The van der Waals surface area contributed by atoms with Gasteiger partial charge in [-0.25, -0.2) is 0 Å². The summed E-state index contributed by atoms with van der Waals surface area (Å²) in [5, 5.41) is 0.693. The van der Waals surface area contributed by atoms with Crippen LogP contribution in [0.2, 0.25) is 5.02 Å². The molecule has 0 saturated carbocycles. The van der Waals surface area contributed by atoms with Crippen LogP contribution < -0.4 is 0 Å². The molecule has 1 aliphatic rings. The largest absolute Gasteiger partial charge is 0.343 e. The van der Waals surface area contributed by atoms with Gasteiger partial charge in [0.2, 0.25) is 0 Å². The van der Waals surface area contributed by atoms with E-state index in [0.717, 1.165) is 5.56 Å².